The van der Waals surface area contributed by atoms with Crippen molar-refractivity contribution in [2.45, 2.75) is 38.5 Å². The third-order valence-corrected chi connectivity index (χ3v) is 3.72. The molecule has 0 bridgehead atoms. The Hall–Kier alpha value is -0.790. The number of rotatable bonds is 2. The highest BCUT2D eigenvalue weighted by Gasteiger charge is 2.49. The van der Waals surface area contributed by atoms with E-state index in [1.165, 1.54) is 0 Å². The van der Waals surface area contributed by atoms with Crippen LogP contribution in [0.4, 0.5) is 0 Å². The van der Waals surface area contributed by atoms with Crippen LogP contribution in [-0.2, 0) is 4.79 Å². The van der Waals surface area contributed by atoms with Crippen LogP contribution in [0.15, 0.2) is 12.2 Å². The fraction of sp³-hybridized carbons (Fsp3) is 0.727. The van der Waals surface area contributed by atoms with Crippen LogP contribution in [0.5, 0.6) is 0 Å². The van der Waals surface area contributed by atoms with Gasteiger partial charge in [0.05, 0.1) is 5.41 Å². The fourth-order valence-electron chi connectivity index (χ4n) is 2.65. The number of carboxylic acid groups (broad SMARTS) is 1. The van der Waals surface area contributed by atoms with Crippen molar-refractivity contribution in [1.29, 1.82) is 0 Å². The minimum Gasteiger partial charge on any atom is -0.481 e. The molecule has 1 N–H and O–H groups in total. The minimum absolute atomic E-state index is 0.342. The Morgan fingerprint density at radius 2 is 2.15 bits per heavy atom. The van der Waals surface area contributed by atoms with Crippen molar-refractivity contribution in [2.75, 3.05) is 0 Å². The number of carbonyl (C=O) groups is 1. The molecule has 1 fully saturated rings. The van der Waals surface area contributed by atoms with Crippen molar-refractivity contribution in [3.63, 3.8) is 0 Å². The van der Waals surface area contributed by atoms with Gasteiger partial charge in [0.25, 0.3) is 0 Å². The molecule has 0 aromatic carbocycles. The summed E-state index contributed by atoms with van der Waals surface area (Å²) in [6.45, 7) is 0. The first-order valence-corrected chi connectivity index (χ1v) is 5.14. The number of allylic oxidation sites excluding steroid dienone is 2. The predicted molar refractivity (Wildman–Crippen MR) is 50.4 cm³/mol. The van der Waals surface area contributed by atoms with E-state index in [1.807, 2.05) is 0 Å². The molecule has 1 atom stereocenters. The van der Waals surface area contributed by atoms with Crippen molar-refractivity contribution < 1.29 is 9.90 Å². The predicted octanol–water partition coefficient (Wildman–Crippen LogP) is 2.60. The molecule has 1 saturated carbocycles. The van der Waals surface area contributed by atoms with Gasteiger partial charge in [0.15, 0.2) is 0 Å². The lowest BCUT2D eigenvalue weighted by Crippen LogP contribution is -2.44. The van der Waals surface area contributed by atoms with E-state index in [9.17, 15) is 9.90 Å². The Morgan fingerprint density at radius 1 is 1.38 bits per heavy atom. The van der Waals surface area contributed by atoms with Gasteiger partial charge in [-0.15, -0.1) is 0 Å². The van der Waals surface area contributed by atoms with E-state index < -0.39 is 5.97 Å². The minimum atomic E-state index is -0.556. The summed E-state index contributed by atoms with van der Waals surface area (Å²) in [5, 5.41) is 9.21. The maximum atomic E-state index is 11.2. The van der Waals surface area contributed by atoms with Crippen molar-refractivity contribution in [1.82, 2.24) is 0 Å². The highest BCUT2D eigenvalue weighted by atomic mass is 16.4. The molecule has 0 saturated heterocycles. The second-order valence-corrected chi connectivity index (χ2v) is 4.30. The molecule has 2 rings (SSSR count). The second-order valence-electron chi connectivity index (χ2n) is 4.30. The highest BCUT2D eigenvalue weighted by Crippen LogP contribution is 2.51. The van der Waals surface area contributed by atoms with Crippen molar-refractivity contribution in [3.05, 3.63) is 12.2 Å². The molecule has 0 aliphatic heterocycles. The molecule has 0 aromatic heterocycles. The molecular weight excluding hydrogens is 164 g/mol. The Morgan fingerprint density at radius 3 is 2.54 bits per heavy atom. The quantitative estimate of drug-likeness (QED) is 0.663. The standard InChI is InChI=1S/C11H16O2/c12-10(13)11(7-4-8-11)9-5-2-1-3-6-9/h1-2,9H,3-8H2,(H,12,13). The summed E-state index contributed by atoms with van der Waals surface area (Å²) >= 11 is 0. The lowest BCUT2D eigenvalue weighted by Gasteiger charge is -2.44. The molecular formula is C11H16O2. The van der Waals surface area contributed by atoms with Crippen LogP contribution >= 0.6 is 0 Å². The molecule has 13 heavy (non-hydrogen) atoms. The van der Waals surface area contributed by atoms with Gasteiger partial charge >= 0.3 is 5.97 Å². The Labute approximate surface area is 78.6 Å². The van der Waals surface area contributed by atoms with Gasteiger partial charge in [-0.05, 0) is 38.0 Å². The topological polar surface area (TPSA) is 37.3 Å². The average molecular weight is 180 g/mol. The maximum Gasteiger partial charge on any atom is 0.309 e. The van der Waals surface area contributed by atoms with Gasteiger partial charge in [0.1, 0.15) is 0 Å². The summed E-state index contributed by atoms with van der Waals surface area (Å²) in [7, 11) is 0. The van der Waals surface area contributed by atoms with Crippen LogP contribution in [0.3, 0.4) is 0 Å². The van der Waals surface area contributed by atoms with Gasteiger partial charge in [-0.2, -0.15) is 0 Å². The van der Waals surface area contributed by atoms with E-state index in [0.717, 1.165) is 38.5 Å². The molecule has 1 unspecified atom stereocenters. The summed E-state index contributed by atoms with van der Waals surface area (Å²) in [5.74, 6) is -0.150. The molecule has 0 aromatic rings. The highest BCUT2D eigenvalue weighted by molar-refractivity contribution is 5.76. The smallest absolute Gasteiger partial charge is 0.309 e. The first kappa shape index (κ1) is 8.79. The summed E-state index contributed by atoms with van der Waals surface area (Å²) in [4.78, 5) is 11.2. The third kappa shape index (κ3) is 1.28. The molecule has 2 aliphatic carbocycles. The molecule has 0 radical (unpaired) electrons. The third-order valence-electron chi connectivity index (χ3n) is 3.72. The van der Waals surface area contributed by atoms with Gasteiger partial charge in [-0.25, -0.2) is 0 Å². The maximum absolute atomic E-state index is 11.2. The molecule has 0 heterocycles. The van der Waals surface area contributed by atoms with E-state index in [1.54, 1.807) is 0 Å². The summed E-state index contributed by atoms with van der Waals surface area (Å²) < 4.78 is 0. The molecule has 2 heteroatoms. The summed E-state index contributed by atoms with van der Waals surface area (Å²) in [6.07, 6.45) is 10.4. The Bertz CT molecular complexity index is 238. The molecule has 72 valence electrons. The van der Waals surface area contributed by atoms with Crippen molar-refractivity contribution in [2.24, 2.45) is 11.3 Å². The van der Waals surface area contributed by atoms with E-state index >= 15 is 0 Å². The Kier molecular flexibility index (Phi) is 2.14. The lowest BCUT2D eigenvalue weighted by molar-refractivity contribution is -0.160. The summed E-state index contributed by atoms with van der Waals surface area (Å²) in [6, 6.07) is 0. The largest absolute Gasteiger partial charge is 0.481 e. The lowest BCUT2D eigenvalue weighted by atomic mass is 9.58. The Balaban J connectivity index is 2.11. The molecule has 2 nitrogen and oxygen atoms in total. The zero-order chi connectivity index (χ0) is 9.31. The van der Waals surface area contributed by atoms with Gasteiger partial charge in [0, 0.05) is 0 Å². The zero-order valence-electron chi connectivity index (χ0n) is 7.83. The van der Waals surface area contributed by atoms with Crippen molar-refractivity contribution >= 4 is 5.97 Å². The molecule has 0 spiro atoms. The van der Waals surface area contributed by atoms with Crippen LogP contribution < -0.4 is 0 Å². The first-order valence-electron chi connectivity index (χ1n) is 5.14. The van der Waals surface area contributed by atoms with Crippen LogP contribution in [0, 0.1) is 11.3 Å². The van der Waals surface area contributed by atoms with Crippen LogP contribution in [0.2, 0.25) is 0 Å². The number of hydrogen-bond donors (Lipinski definition) is 1. The van der Waals surface area contributed by atoms with Gasteiger partial charge in [-0.3, -0.25) is 4.79 Å². The van der Waals surface area contributed by atoms with E-state index in [0.29, 0.717) is 5.92 Å². The van der Waals surface area contributed by atoms with Crippen LogP contribution in [0.1, 0.15) is 38.5 Å². The summed E-state index contributed by atoms with van der Waals surface area (Å²) in [5.41, 5.74) is -0.342. The van der Waals surface area contributed by atoms with Gasteiger partial charge in [-0.1, -0.05) is 18.6 Å². The van der Waals surface area contributed by atoms with Gasteiger partial charge < -0.3 is 5.11 Å². The van der Waals surface area contributed by atoms with E-state index in [2.05, 4.69) is 12.2 Å². The monoisotopic (exact) mass is 180 g/mol. The normalized spacial score (nSPS) is 30.9. The first-order chi connectivity index (χ1) is 6.26. The average Bonchev–Trinajstić information content (AvgIpc) is 2.03. The molecule has 2 aliphatic rings. The van der Waals surface area contributed by atoms with E-state index in [4.69, 9.17) is 0 Å². The van der Waals surface area contributed by atoms with Gasteiger partial charge in [0.2, 0.25) is 0 Å². The van der Waals surface area contributed by atoms with Crippen LogP contribution in [-0.4, -0.2) is 11.1 Å². The van der Waals surface area contributed by atoms with Crippen LogP contribution in [0.25, 0.3) is 0 Å². The zero-order valence-corrected chi connectivity index (χ0v) is 7.83. The number of hydrogen-bond acceptors (Lipinski definition) is 1. The SMILES string of the molecule is O=C(O)C1(C2CC=CCC2)CCC1. The number of aliphatic carboxylic acids is 1. The molecule has 0 amide bonds. The fourth-order valence-corrected chi connectivity index (χ4v) is 2.65. The number of carboxylic acids is 1. The van der Waals surface area contributed by atoms with Crippen molar-refractivity contribution in [3.8, 4) is 0 Å². The second kappa shape index (κ2) is 3.17. The van der Waals surface area contributed by atoms with E-state index in [-0.39, 0.29) is 5.41 Å².